The molecule has 2 rings (SSSR count). The number of likely N-dealkylation sites (tertiary alicyclic amines) is 1. The van der Waals surface area contributed by atoms with Crippen LogP contribution >= 0.6 is 45.2 Å². The van der Waals surface area contributed by atoms with Gasteiger partial charge in [0.1, 0.15) is 54.9 Å². The molecule has 2 fully saturated rings. The molecule has 11 atom stereocenters. The summed E-state index contributed by atoms with van der Waals surface area (Å²) in [5.41, 5.74) is -1.19. The molecule has 1 amide bonds. The lowest BCUT2D eigenvalue weighted by Gasteiger charge is -2.39. The summed E-state index contributed by atoms with van der Waals surface area (Å²) in [4.78, 5) is 107. The maximum absolute atomic E-state index is 14.2. The monoisotopic (exact) mass is 1260 g/mol. The third-order valence-corrected chi connectivity index (χ3v) is 14.6. The number of ketones is 3. The van der Waals surface area contributed by atoms with E-state index in [1.165, 1.54) is 21.1 Å². The lowest BCUT2D eigenvalue weighted by molar-refractivity contribution is -0.185. The first-order valence-corrected chi connectivity index (χ1v) is 27.9. The summed E-state index contributed by atoms with van der Waals surface area (Å²) >= 11 is 3.67. The predicted molar refractivity (Wildman–Crippen MR) is 287 cm³/mol. The summed E-state index contributed by atoms with van der Waals surface area (Å²) in [7, 11) is 2.82. The average molecular weight is 1260 g/mol. The fourth-order valence-electron chi connectivity index (χ4n) is 8.93. The largest absolute Gasteiger partial charge is 0.464 e. The number of carbonyl (C=O) groups excluding carboxylic acids is 8. The molecule has 0 unspecified atom stereocenters. The van der Waals surface area contributed by atoms with Gasteiger partial charge in [0.2, 0.25) is 5.79 Å². The van der Waals surface area contributed by atoms with Crippen molar-refractivity contribution in [3.05, 3.63) is 48.1 Å². The first-order chi connectivity index (χ1) is 34.3. The third-order valence-electron chi connectivity index (χ3n) is 13.4. The van der Waals surface area contributed by atoms with Crippen molar-refractivity contribution in [2.45, 2.75) is 156 Å². The van der Waals surface area contributed by atoms with E-state index in [9.17, 15) is 53.7 Å². The number of nitrogens with zero attached hydrogens (tertiary/aromatic N) is 1. The number of ether oxygens (including phenoxy) is 6. The minimum Gasteiger partial charge on any atom is -0.464 e. The van der Waals surface area contributed by atoms with Crippen LogP contribution in [0.5, 0.6) is 0 Å². The number of carbonyl (C=O) groups is 8. The van der Waals surface area contributed by atoms with Crippen molar-refractivity contribution in [3.8, 4) is 0 Å². The summed E-state index contributed by atoms with van der Waals surface area (Å²) < 4.78 is 34.1. The van der Waals surface area contributed by atoms with Gasteiger partial charge in [-0.25, -0.2) is 4.79 Å². The van der Waals surface area contributed by atoms with Crippen molar-refractivity contribution in [1.82, 2.24) is 4.90 Å². The van der Waals surface area contributed by atoms with E-state index in [2.05, 4.69) is 0 Å². The predicted octanol–water partition coefficient (Wildman–Crippen LogP) is 6.10. The number of piperidine rings is 1. The molecule has 0 radical (unpaired) electrons. The molecule has 20 heteroatoms. The minimum atomic E-state index is -2.97. The van der Waals surface area contributed by atoms with Gasteiger partial charge in [-0.05, 0) is 102 Å². The highest BCUT2D eigenvalue weighted by molar-refractivity contribution is 14.1. The normalized spacial score (nSPS) is 22.0. The Kier molecular flexibility index (Phi) is 29.0. The average Bonchev–Trinajstić information content (AvgIpc) is 3.36. The molecule has 0 spiro atoms. The van der Waals surface area contributed by atoms with Crippen LogP contribution in [0.1, 0.15) is 113 Å². The van der Waals surface area contributed by atoms with Gasteiger partial charge in [0.15, 0.2) is 5.78 Å². The number of Topliss-reactive ketones (excluding diaryl/α,β-unsaturated/α-hetero) is 3. The Morgan fingerprint density at radius 2 is 1.45 bits per heavy atom. The van der Waals surface area contributed by atoms with Crippen molar-refractivity contribution in [1.29, 1.82) is 0 Å². The molecule has 1 heterocycles. The first kappa shape index (κ1) is 65.7. The molecule has 0 aromatic carbocycles. The topological polar surface area (TPSA) is 256 Å². The Hall–Kier alpha value is -3.42. The number of alkyl halides is 2. The van der Waals surface area contributed by atoms with Crippen LogP contribution in [0.25, 0.3) is 0 Å². The van der Waals surface area contributed by atoms with Crippen LogP contribution in [0.15, 0.2) is 48.1 Å². The van der Waals surface area contributed by atoms with E-state index in [0.717, 1.165) is 11.8 Å². The second-order valence-electron chi connectivity index (χ2n) is 19.9. The highest BCUT2D eigenvalue weighted by Crippen LogP contribution is 2.36. The maximum atomic E-state index is 14.2. The van der Waals surface area contributed by atoms with Crippen LogP contribution in [0.4, 0.5) is 0 Å². The smallest absolute Gasteiger partial charge is 0.329 e. The highest BCUT2D eigenvalue weighted by Gasteiger charge is 2.45. The molecular weight excluding hydrogens is 1180 g/mol. The highest BCUT2D eigenvalue weighted by atomic mass is 127. The second-order valence-corrected chi connectivity index (χ2v) is 21.4. The van der Waals surface area contributed by atoms with Gasteiger partial charge in [-0.15, -0.1) is 0 Å². The van der Waals surface area contributed by atoms with Gasteiger partial charge in [-0.2, -0.15) is 0 Å². The van der Waals surface area contributed by atoms with Crippen molar-refractivity contribution in [3.63, 3.8) is 0 Å². The van der Waals surface area contributed by atoms with Crippen molar-refractivity contribution < 1.29 is 82.1 Å². The van der Waals surface area contributed by atoms with Crippen LogP contribution in [0.3, 0.4) is 0 Å². The van der Waals surface area contributed by atoms with E-state index in [0.29, 0.717) is 50.5 Å². The lowest BCUT2D eigenvalue weighted by Crippen LogP contribution is -2.55. The maximum Gasteiger partial charge on any atom is 0.329 e. The number of halogens is 2. The fourth-order valence-corrected chi connectivity index (χ4v) is 9.37. The van der Waals surface area contributed by atoms with Gasteiger partial charge in [-0.1, -0.05) is 115 Å². The van der Waals surface area contributed by atoms with Crippen LogP contribution in [0.2, 0.25) is 0 Å². The third kappa shape index (κ3) is 21.3. The summed E-state index contributed by atoms with van der Waals surface area (Å²) in [5.74, 6) is -10.9. The summed E-state index contributed by atoms with van der Waals surface area (Å²) in [6, 6.07) is -1.25. The fraction of sp³-hybridized carbons (Fsp3) is 0.698. The van der Waals surface area contributed by atoms with E-state index >= 15 is 0 Å². The number of methoxy groups -OCH3 is 2. The van der Waals surface area contributed by atoms with Gasteiger partial charge in [0.25, 0.3) is 11.7 Å². The SMILES string of the molecule is C\C=C/C=C/C=C/[C@@H](C)C[C@@H](C)C(=O)[C@H](OC)[C@H](O)/C(C)=C/[C@@H](C)C(=O)C[C@H](OC(=O)[C@@H]1CCCCN1C(=O)C(=O)C(C)(O)O)[C@H](C)C[C@@H]1CC[C@@H](OC(=O)C(C)(COC(=O)CI)COC(=O)CI)[C@H](OC)C1. The quantitative estimate of drug-likeness (QED) is 0.0107. The Morgan fingerprint density at radius 3 is 2.01 bits per heavy atom. The molecule has 0 aromatic rings. The van der Waals surface area contributed by atoms with E-state index in [1.54, 1.807) is 26.8 Å². The zero-order chi connectivity index (χ0) is 55.2. The Bertz CT molecular complexity index is 1970. The molecular formula is C53H79I2NO17. The van der Waals surface area contributed by atoms with E-state index in [-0.39, 0.29) is 64.9 Å². The summed E-state index contributed by atoms with van der Waals surface area (Å²) in [5, 5.41) is 31.3. The number of aliphatic hydroxyl groups is 3. The molecule has 0 bridgehead atoms. The summed E-state index contributed by atoms with van der Waals surface area (Å²) in [6.45, 7) is 12.2. The number of amides is 1. The Morgan fingerprint density at radius 1 is 0.836 bits per heavy atom. The number of allylic oxidation sites excluding steroid dienone is 7. The number of hydrogen-bond donors (Lipinski definition) is 3. The number of hydrogen-bond acceptors (Lipinski definition) is 17. The van der Waals surface area contributed by atoms with Crippen molar-refractivity contribution >= 4 is 92.3 Å². The molecule has 1 aliphatic heterocycles. The van der Waals surface area contributed by atoms with Gasteiger partial charge in [0, 0.05) is 39.0 Å². The number of aliphatic hydroxyl groups excluding tert-OH is 1. The zero-order valence-electron chi connectivity index (χ0n) is 44.1. The molecule has 412 valence electrons. The molecule has 18 nitrogen and oxygen atoms in total. The van der Waals surface area contributed by atoms with Gasteiger partial charge in [0.05, 0.1) is 15.0 Å². The van der Waals surface area contributed by atoms with Gasteiger partial charge in [-0.3, -0.25) is 33.6 Å². The summed E-state index contributed by atoms with van der Waals surface area (Å²) in [6.07, 6.45) is 11.1. The molecule has 73 heavy (non-hydrogen) atoms. The van der Waals surface area contributed by atoms with Gasteiger partial charge >= 0.3 is 23.9 Å². The van der Waals surface area contributed by atoms with Crippen LogP contribution in [-0.2, 0) is 66.8 Å². The standard InChI is InChI=1S/C53H79I2NO17/c1-11-12-13-14-15-18-32(2)23-35(5)45(60)47(69-10)46(61)36(6)24-33(3)39(57)27-41(72-50(64)38-19-16-17-22-56(38)49(63)48(62)53(8,66)67)34(4)25-37-20-21-40(42(26-37)68-9)73-51(65)52(7,30-70-43(58)28-54)31-71-44(59)29-55/h11-15,18,24,32-35,37-38,40-42,46-47,61,66-67H,16-17,19-23,25-31H2,1-10H3/b12-11-,14-13+,18-15+,36-24+/t32-,33-,34-,35-,37+,38+,40-,41+,42-,46-,47+/m1/s1. The Balaban J connectivity index is 2.38. The number of rotatable bonds is 30. The minimum absolute atomic E-state index is 0.0178. The molecule has 1 saturated heterocycles. The molecule has 3 N–H and O–H groups in total. The Labute approximate surface area is 458 Å². The van der Waals surface area contributed by atoms with Crippen molar-refractivity contribution in [2.75, 3.05) is 42.8 Å². The second kappa shape index (κ2) is 32.2. The van der Waals surface area contributed by atoms with Crippen LogP contribution < -0.4 is 0 Å². The number of esters is 4. The molecule has 2 aliphatic rings. The lowest BCUT2D eigenvalue weighted by atomic mass is 9.78. The van der Waals surface area contributed by atoms with E-state index in [1.807, 2.05) is 102 Å². The van der Waals surface area contributed by atoms with E-state index < -0.39 is 101 Å². The van der Waals surface area contributed by atoms with Crippen molar-refractivity contribution in [2.24, 2.45) is 35.0 Å². The molecule has 1 aliphatic carbocycles. The van der Waals surface area contributed by atoms with Gasteiger partial charge < -0.3 is 48.6 Å². The first-order valence-electron chi connectivity index (χ1n) is 24.9. The van der Waals surface area contributed by atoms with Crippen LogP contribution in [0, 0.1) is 35.0 Å². The molecule has 1 saturated carbocycles. The zero-order valence-corrected chi connectivity index (χ0v) is 48.4. The van der Waals surface area contributed by atoms with E-state index in [4.69, 9.17) is 28.4 Å². The molecule has 0 aromatic heterocycles. The van der Waals surface area contributed by atoms with Crippen LogP contribution in [-0.4, -0.2) is 153 Å².